The van der Waals surface area contributed by atoms with Gasteiger partial charge in [-0.25, -0.2) is 4.98 Å². The Kier molecular flexibility index (Phi) is 6.09. The SMILES string of the molecule is CN1CCC(N(C)c2ccc(Nc3nc4cc(OC5(C)C=CNC(C(N)=O)=C5)ccc4n3C)cc2)C1. The van der Waals surface area contributed by atoms with Gasteiger partial charge in [-0.15, -0.1) is 0 Å². The maximum absolute atomic E-state index is 11.6. The van der Waals surface area contributed by atoms with E-state index in [0.717, 1.165) is 35.8 Å². The second-order valence-electron chi connectivity index (χ2n) is 9.82. The van der Waals surface area contributed by atoms with Gasteiger partial charge in [0.1, 0.15) is 17.0 Å². The molecule has 1 aromatic heterocycles. The van der Waals surface area contributed by atoms with Gasteiger partial charge in [0.25, 0.3) is 5.91 Å². The van der Waals surface area contributed by atoms with E-state index in [-0.39, 0.29) is 0 Å². The van der Waals surface area contributed by atoms with E-state index in [9.17, 15) is 4.79 Å². The summed E-state index contributed by atoms with van der Waals surface area (Å²) in [6.45, 7) is 4.11. The van der Waals surface area contributed by atoms with Crippen molar-refractivity contribution in [1.82, 2.24) is 19.8 Å². The van der Waals surface area contributed by atoms with E-state index in [0.29, 0.717) is 17.5 Å². The first-order chi connectivity index (χ1) is 17.2. The topological polar surface area (TPSA) is 101 Å². The van der Waals surface area contributed by atoms with Gasteiger partial charge in [0.05, 0.1) is 11.0 Å². The predicted molar refractivity (Wildman–Crippen MR) is 143 cm³/mol. The number of aromatic nitrogens is 2. The molecule has 0 saturated carbocycles. The second kappa shape index (κ2) is 9.23. The molecule has 1 fully saturated rings. The number of dihydropyridines is 1. The maximum atomic E-state index is 11.6. The number of anilines is 3. The summed E-state index contributed by atoms with van der Waals surface area (Å²) in [6.07, 6.45) is 6.36. The van der Waals surface area contributed by atoms with E-state index in [1.54, 1.807) is 12.3 Å². The Labute approximate surface area is 211 Å². The monoisotopic (exact) mass is 487 g/mol. The number of nitrogens with one attached hydrogen (secondary N) is 2. The van der Waals surface area contributed by atoms with E-state index >= 15 is 0 Å². The number of carbonyl (C=O) groups excluding carboxylic acids is 1. The van der Waals surface area contributed by atoms with Gasteiger partial charge in [-0.1, -0.05) is 0 Å². The molecule has 2 aromatic carbocycles. The third kappa shape index (κ3) is 4.74. The molecule has 0 radical (unpaired) electrons. The molecular formula is C27H33N7O2. The molecule has 3 heterocycles. The number of aryl methyl sites for hydroxylation is 1. The molecule has 9 heteroatoms. The average Bonchev–Trinajstić information content (AvgIpc) is 3.41. The van der Waals surface area contributed by atoms with Gasteiger partial charge in [0.2, 0.25) is 5.95 Å². The fourth-order valence-corrected chi connectivity index (χ4v) is 4.84. The van der Waals surface area contributed by atoms with Crippen LogP contribution in [0.2, 0.25) is 0 Å². The minimum absolute atomic E-state index is 0.304. The number of fused-ring (bicyclic) bond motifs is 1. The highest BCUT2D eigenvalue weighted by Gasteiger charge is 2.26. The van der Waals surface area contributed by atoms with Crippen LogP contribution < -0.4 is 26.0 Å². The Morgan fingerprint density at radius 3 is 2.72 bits per heavy atom. The van der Waals surface area contributed by atoms with Crippen LogP contribution in [-0.2, 0) is 11.8 Å². The number of primary amides is 1. The number of nitrogens with two attached hydrogens (primary N) is 1. The molecule has 36 heavy (non-hydrogen) atoms. The molecule has 0 spiro atoms. The lowest BCUT2D eigenvalue weighted by atomic mass is 10.0. The number of hydrogen-bond acceptors (Lipinski definition) is 7. The van der Waals surface area contributed by atoms with Crippen molar-refractivity contribution in [1.29, 1.82) is 0 Å². The van der Waals surface area contributed by atoms with Gasteiger partial charge in [-0.2, -0.15) is 0 Å². The molecule has 4 N–H and O–H groups in total. The van der Waals surface area contributed by atoms with Crippen LogP contribution in [0.5, 0.6) is 5.75 Å². The Morgan fingerprint density at radius 1 is 1.25 bits per heavy atom. The Bertz CT molecular complexity index is 1340. The van der Waals surface area contributed by atoms with Crippen LogP contribution in [0, 0.1) is 0 Å². The third-order valence-corrected chi connectivity index (χ3v) is 6.98. The molecule has 2 aliphatic rings. The Morgan fingerprint density at radius 2 is 2.03 bits per heavy atom. The Hall–Kier alpha value is -3.98. The number of nitrogens with zero attached hydrogens (tertiary/aromatic N) is 4. The lowest BCUT2D eigenvalue weighted by Gasteiger charge is -2.27. The summed E-state index contributed by atoms with van der Waals surface area (Å²) in [5.74, 6) is 0.853. The summed E-state index contributed by atoms with van der Waals surface area (Å²) < 4.78 is 8.21. The molecule has 2 aliphatic heterocycles. The fraction of sp³-hybridized carbons (Fsp3) is 0.333. The predicted octanol–water partition coefficient (Wildman–Crippen LogP) is 3.08. The molecule has 2 atom stereocenters. The van der Waals surface area contributed by atoms with Gasteiger partial charge in [-0.05, 0) is 75.5 Å². The summed E-state index contributed by atoms with van der Waals surface area (Å²) in [5, 5.41) is 6.28. The van der Waals surface area contributed by atoms with Gasteiger partial charge >= 0.3 is 0 Å². The van der Waals surface area contributed by atoms with E-state index in [1.807, 2.05) is 42.8 Å². The quantitative estimate of drug-likeness (QED) is 0.471. The normalized spacial score (nSPS) is 21.8. The largest absolute Gasteiger partial charge is 0.479 e. The molecule has 0 aliphatic carbocycles. The summed E-state index contributed by atoms with van der Waals surface area (Å²) in [5.41, 5.74) is 8.88. The van der Waals surface area contributed by atoms with Crippen molar-refractivity contribution in [2.75, 3.05) is 37.4 Å². The lowest BCUT2D eigenvalue weighted by molar-refractivity contribution is -0.115. The van der Waals surface area contributed by atoms with Crippen molar-refractivity contribution < 1.29 is 9.53 Å². The number of hydrogen-bond donors (Lipinski definition) is 3. The molecular weight excluding hydrogens is 454 g/mol. The van der Waals surface area contributed by atoms with Gasteiger partial charge < -0.3 is 35.5 Å². The molecule has 1 amide bonds. The first kappa shape index (κ1) is 23.7. The number of benzene rings is 2. The van der Waals surface area contributed by atoms with E-state index in [4.69, 9.17) is 15.5 Å². The van der Waals surface area contributed by atoms with Crippen LogP contribution in [0.1, 0.15) is 13.3 Å². The zero-order valence-electron chi connectivity index (χ0n) is 21.2. The Balaban J connectivity index is 1.32. The highest BCUT2D eigenvalue weighted by Crippen LogP contribution is 2.30. The van der Waals surface area contributed by atoms with E-state index in [1.165, 1.54) is 12.1 Å². The summed E-state index contributed by atoms with van der Waals surface area (Å²) in [4.78, 5) is 21.1. The van der Waals surface area contributed by atoms with Gasteiger partial charge in [-0.3, -0.25) is 4.79 Å². The van der Waals surface area contributed by atoms with Crippen LogP contribution in [0.4, 0.5) is 17.3 Å². The highest BCUT2D eigenvalue weighted by molar-refractivity contribution is 5.92. The van der Waals surface area contributed by atoms with Crippen molar-refractivity contribution in [3.8, 4) is 5.75 Å². The van der Waals surface area contributed by atoms with Crippen LogP contribution in [0.3, 0.4) is 0 Å². The first-order valence-corrected chi connectivity index (χ1v) is 12.1. The van der Waals surface area contributed by atoms with Crippen molar-refractivity contribution in [2.24, 2.45) is 12.8 Å². The zero-order chi connectivity index (χ0) is 25.4. The molecule has 3 aromatic rings. The van der Waals surface area contributed by atoms with Crippen molar-refractivity contribution in [2.45, 2.75) is 25.0 Å². The van der Waals surface area contributed by atoms with E-state index in [2.05, 4.69) is 58.8 Å². The summed E-state index contributed by atoms with van der Waals surface area (Å²) in [6, 6.07) is 14.8. The molecule has 0 bridgehead atoms. The van der Waals surface area contributed by atoms with Crippen molar-refractivity contribution >= 4 is 34.3 Å². The summed E-state index contributed by atoms with van der Waals surface area (Å²) in [7, 11) is 6.33. The molecule has 5 rings (SSSR count). The number of carbonyl (C=O) groups is 1. The van der Waals surface area contributed by atoms with E-state index < -0.39 is 11.5 Å². The van der Waals surface area contributed by atoms with Crippen LogP contribution in [0.25, 0.3) is 11.0 Å². The number of likely N-dealkylation sites (tertiary alicyclic amines) is 1. The average molecular weight is 488 g/mol. The number of amides is 1. The van der Waals surface area contributed by atoms with Gasteiger partial charge in [0, 0.05) is 50.3 Å². The summed E-state index contributed by atoms with van der Waals surface area (Å²) >= 11 is 0. The third-order valence-electron chi connectivity index (χ3n) is 6.98. The molecule has 188 valence electrons. The maximum Gasteiger partial charge on any atom is 0.264 e. The lowest BCUT2D eigenvalue weighted by Crippen LogP contribution is -2.36. The smallest absolute Gasteiger partial charge is 0.264 e. The number of rotatable bonds is 7. The number of imidazole rings is 1. The van der Waals surface area contributed by atoms with Crippen LogP contribution in [-0.4, -0.2) is 59.2 Å². The van der Waals surface area contributed by atoms with Gasteiger partial charge in [0.15, 0.2) is 0 Å². The van der Waals surface area contributed by atoms with Crippen molar-refractivity contribution in [3.63, 3.8) is 0 Å². The van der Waals surface area contributed by atoms with Crippen molar-refractivity contribution in [3.05, 3.63) is 66.5 Å². The first-order valence-electron chi connectivity index (χ1n) is 12.1. The standard InChI is InChI=1S/C27H33N7O2/c1-27(12-13-29-23(16-27)25(28)35)36-21-9-10-24-22(15-21)31-26(34(24)4)30-18-5-7-19(8-6-18)33(3)20-11-14-32(2)17-20/h5-10,12-13,15-16,20,29H,11,14,17H2,1-4H3,(H2,28,35)(H,30,31). The second-order valence-corrected chi connectivity index (χ2v) is 9.82. The minimum atomic E-state index is -0.804. The molecule has 1 saturated heterocycles. The molecule has 2 unspecified atom stereocenters. The zero-order valence-corrected chi connectivity index (χ0v) is 21.2. The van der Waals surface area contributed by atoms with Crippen LogP contribution >= 0.6 is 0 Å². The fourth-order valence-electron chi connectivity index (χ4n) is 4.84. The number of ether oxygens (including phenoxy) is 1. The number of likely N-dealkylation sites (N-methyl/N-ethyl adjacent to an activating group) is 2. The minimum Gasteiger partial charge on any atom is -0.479 e. The highest BCUT2D eigenvalue weighted by atomic mass is 16.5. The molecule has 9 nitrogen and oxygen atoms in total. The van der Waals surface area contributed by atoms with Crippen LogP contribution in [0.15, 0.2) is 66.5 Å².